The van der Waals surface area contributed by atoms with Gasteiger partial charge >= 0.3 is 0 Å². The summed E-state index contributed by atoms with van der Waals surface area (Å²) in [6.07, 6.45) is 3.04. The molecule has 7 nitrogen and oxygen atoms in total. The summed E-state index contributed by atoms with van der Waals surface area (Å²) in [4.78, 5) is 29.7. The highest BCUT2D eigenvalue weighted by Gasteiger charge is 2.20. The fourth-order valence-corrected chi connectivity index (χ4v) is 3.11. The van der Waals surface area contributed by atoms with Crippen molar-refractivity contribution in [3.63, 3.8) is 0 Å². The summed E-state index contributed by atoms with van der Waals surface area (Å²) in [5, 5.41) is 7.42. The van der Waals surface area contributed by atoms with Gasteiger partial charge < -0.3 is 0 Å². The zero-order valence-electron chi connectivity index (χ0n) is 16.2. The molecule has 0 aliphatic carbocycles. The van der Waals surface area contributed by atoms with Gasteiger partial charge in [-0.3, -0.25) is 19.7 Å². The molecule has 7 heteroatoms. The molecule has 0 saturated carbocycles. The third-order valence-corrected chi connectivity index (χ3v) is 4.56. The largest absolute Gasteiger partial charge is 0.295 e. The fraction of sp³-hybridized carbons (Fsp3) is 0.0435. The van der Waals surface area contributed by atoms with E-state index in [1.807, 2.05) is 60.7 Å². The molecule has 0 aliphatic rings. The molecule has 0 radical (unpaired) electrons. The quantitative estimate of drug-likeness (QED) is 0.400. The molecule has 0 fully saturated rings. The number of aryl methyl sites for hydroxylation is 1. The van der Waals surface area contributed by atoms with Gasteiger partial charge in [-0.15, -0.1) is 0 Å². The average molecular weight is 397 g/mol. The van der Waals surface area contributed by atoms with Crippen molar-refractivity contribution in [1.82, 2.24) is 20.2 Å². The number of aromatic amines is 1. The van der Waals surface area contributed by atoms with Crippen LogP contribution < -0.4 is 11.0 Å². The van der Waals surface area contributed by atoms with E-state index in [2.05, 4.69) is 20.6 Å². The Labute approximate surface area is 172 Å². The van der Waals surface area contributed by atoms with Crippen molar-refractivity contribution >= 4 is 11.6 Å². The van der Waals surface area contributed by atoms with Gasteiger partial charge in [0.15, 0.2) is 0 Å². The van der Waals surface area contributed by atoms with E-state index >= 15 is 0 Å². The molecule has 2 aromatic carbocycles. The fourth-order valence-electron chi connectivity index (χ4n) is 3.11. The number of amides is 1. The molecule has 30 heavy (non-hydrogen) atoms. The van der Waals surface area contributed by atoms with E-state index in [0.717, 1.165) is 0 Å². The number of H-pyrrole nitrogens is 1. The molecule has 2 N–H and O–H groups in total. The van der Waals surface area contributed by atoms with Gasteiger partial charge in [-0.25, -0.2) is 10.1 Å². The van der Waals surface area contributed by atoms with Crippen molar-refractivity contribution in [2.75, 3.05) is 0 Å². The molecule has 2 aromatic heterocycles. The number of rotatable bonds is 5. The second kappa shape index (κ2) is 8.40. The molecule has 0 bridgehead atoms. The predicted molar refractivity (Wildman–Crippen MR) is 115 cm³/mol. The number of pyridine rings is 1. The molecule has 0 unspecified atom stereocenters. The summed E-state index contributed by atoms with van der Waals surface area (Å²) in [5.74, 6) is -0.409. The van der Waals surface area contributed by atoms with Gasteiger partial charge in [0, 0.05) is 23.7 Å². The highest BCUT2D eigenvalue weighted by molar-refractivity contribution is 6.13. The number of para-hydroxylation sites is 1. The summed E-state index contributed by atoms with van der Waals surface area (Å²) >= 11 is 0. The van der Waals surface area contributed by atoms with Gasteiger partial charge in [-0.1, -0.05) is 48.5 Å². The van der Waals surface area contributed by atoms with Crippen LogP contribution in [0.1, 0.15) is 27.2 Å². The topological polar surface area (TPSA) is 92.1 Å². The van der Waals surface area contributed by atoms with Gasteiger partial charge in [0.05, 0.1) is 16.8 Å². The van der Waals surface area contributed by atoms with Crippen molar-refractivity contribution in [3.05, 3.63) is 118 Å². The van der Waals surface area contributed by atoms with Crippen LogP contribution in [0.5, 0.6) is 0 Å². The first-order valence-corrected chi connectivity index (χ1v) is 9.36. The molecule has 4 rings (SSSR count). The second-order valence-corrected chi connectivity index (χ2v) is 6.60. The predicted octanol–water partition coefficient (Wildman–Crippen LogP) is 3.05. The third-order valence-electron chi connectivity index (χ3n) is 4.56. The Morgan fingerprint density at radius 1 is 0.967 bits per heavy atom. The van der Waals surface area contributed by atoms with E-state index in [9.17, 15) is 9.59 Å². The lowest BCUT2D eigenvalue weighted by atomic mass is 10.0. The maximum atomic E-state index is 13.2. The van der Waals surface area contributed by atoms with Crippen molar-refractivity contribution in [2.45, 2.75) is 6.92 Å². The van der Waals surface area contributed by atoms with Gasteiger partial charge in [-0.05, 0) is 31.2 Å². The zero-order chi connectivity index (χ0) is 20.9. The lowest BCUT2D eigenvalue weighted by Crippen LogP contribution is -2.25. The highest BCUT2D eigenvalue weighted by Crippen LogP contribution is 2.13. The Hall–Kier alpha value is -4.26. The first kappa shape index (κ1) is 19.1. The molecule has 1 amide bonds. The SMILES string of the molecule is Cc1[nH]n(-c2ccccc2)c(=O)c1C(=NNC(=O)c1cccnc1)c1ccccc1. The van der Waals surface area contributed by atoms with Crippen molar-refractivity contribution in [1.29, 1.82) is 0 Å². The molecule has 4 aromatic rings. The number of aromatic nitrogens is 3. The van der Waals surface area contributed by atoms with Gasteiger partial charge in [-0.2, -0.15) is 5.10 Å². The first-order chi connectivity index (χ1) is 14.6. The number of hydrogen-bond acceptors (Lipinski definition) is 4. The van der Waals surface area contributed by atoms with Crippen LogP contribution in [-0.4, -0.2) is 26.4 Å². The number of hydrazone groups is 1. The van der Waals surface area contributed by atoms with E-state index in [4.69, 9.17) is 0 Å². The van der Waals surface area contributed by atoms with Crippen LogP contribution in [0.4, 0.5) is 0 Å². The van der Waals surface area contributed by atoms with E-state index < -0.39 is 5.91 Å². The van der Waals surface area contributed by atoms with E-state index in [0.29, 0.717) is 33.8 Å². The minimum Gasteiger partial charge on any atom is -0.295 e. The molecule has 0 saturated heterocycles. The number of nitrogens with one attached hydrogen (secondary N) is 2. The van der Waals surface area contributed by atoms with E-state index in [1.54, 1.807) is 25.3 Å². The smallest absolute Gasteiger partial charge is 0.281 e. The number of benzene rings is 2. The minimum atomic E-state index is -0.409. The van der Waals surface area contributed by atoms with Crippen molar-refractivity contribution < 1.29 is 4.79 Å². The molecule has 148 valence electrons. The number of carbonyl (C=O) groups is 1. The maximum Gasteiger partial charge on any atom is 0.281 e. The molecular weight excluding hydrogens is 378 g/mol. The van der Waals surface area contributed by atoms with Crippen molar-refractivity contribution in [2.24, 2.45) is 5.10 Å². The van der Waals surface area contributed by atoms with Crippen LogP contribution in [0.2, 0.25) is 0 Å². The third kappa shape index (κ3) is 3.81. The van der Waals surface area contributed by atoms with Crippen LogP contribution in [0, 0.1) is 6.92 Å². The van der Waals surface area contributed by atoms with E-state index in [1.165, 1.54) is 10.9 Å². The Morgan fingerprint density at radius 3 is 2.30 bits per heavy atom. The summed E-state index contributed by atoms with van der Waals surface area (Å²) < 4.78 is 1.46. The zero-order valence-corrected chi connectivity index (χ0v) is 16.2. The molecule has 0 aliphatic heterocycles. The Morgan fingerprint density at radius 2 is 1.63 bits per heavy atom. The standard InChI is InChI=1S/C23H19N5O2/c1-16-20(23(30)28(27-16)19-12-6-3-7-13-19)21(17-9-4-2-5-10-17)25-26-22(29)18-11-8-14-24-15-18/h2-15,27H,1H3,(H,26,29). The lowest BCUT2D eigenvalue weighted by molar-refractivity contribution is 0.0954. The monoisotopic (exact) mass is 397 g/mol. The Kier molecular flexibility index (Phi) is 5.34. The summed E-state index contributed by atoms with van der Waals surface area (Å²) in [6.45, 7) is 1.80. The lowest BCUT2D eigenvalue weighted by Gasteiger charge is -2.06. The number of carbonyl (C=O) groups excluding carboxylic acids is 1. The summed E-state index contributed by atoms with van der Waals surface area (Å²) in [7, 11) is 0. The highest BCUT2D eigenvalue weighted by atomic mass is 16.2. The molecular formula is C23H19N5O2. The Bertz CT molecular complexity index is 1240. The summed E-state index contributed by atoms with van der Waals surface area (Å²) in [6, 6.07) is 21.9. The van der Waals surface area contributed by atoms with Crippen LogP contribution in [0.25, 0.3) is 5.69 Å². The van der Waals surface area contributed by atoms with Gasteiger partial charge in [0.25, 0.3) is 11.5 Å². The minimum absolute atomic E-state index is 0.253. The van der Waals surface area contributed by atoms with Crippen LogP contribution in [-0.2, 0) is 0 Å². The van der Waals surface area contributed by atoms with Crippen LogP contribution >= 0.6 is 0 Å². The average Bonchev–Trinajstić information content (AvgIpc) is 3.10. The van der Waals surface area contributed by atoms with Crippen LogP contribution in [0.3, 0.4) is 0 Å². The van der Waals surface area contributed by atoms with Gasteiger partial charge in [0.1, 0.15) is 5.71 Å². The normalized spacial score (nSPS) is 11.3. The van der Waals surface area contributed by atoms with E-state index in [-0.39, 0.29) is 5.56 Å². The van der Waals surface area contributed by atoms with Gasteiger partial charge in [0.2, 0.25) is 0 Å². The molecule has 0 atom stereocenters. The second-order valence-electron chi connectivity index (χ2n) is 6.60. The number of nitrogens with zero attached hydrogens (tertiary/aromatic N) is 3. The molecule has 2 heterocycles. The van der Waals surface area contributed by atoms with Crippen molar-refractivity contribution in [3.8, 4) is 5.69 Å². The Balaban J connectivity index is 1.79. The number of hydrogen-bond donors (Lipinski definition) is 2. The summed E-state index contributed by atoms with van der Waals surface area (Å²) in [5.41, 5.74) is 5.50. The molecule has 0 spiro atoms. The maximum absolute atomic E-state index is 13.2. The first-order valence-electron chi connectivity index (χ1n) is 9.36. The van der Waals surface area contributed by atoms with Crippen LogP contribution in [0.15, 0.2) is 95.1 Å².